The molecule has 0 radical (unpaired) electrons. The molecule has 0 bridgehead atoms. The normalized spacial score (nSPS) is 18.4. The molecular formula is C20H24F2N+. The number of aromatic nitrogens is 1. The molecular weight excluding hydrogens is 292 g/mol. The summed E-state index contributed by atoms with van der Waals surface area (Å²) >= 11 is 0. The van der Waals surface area contributed by atoms with Crippen LogP contribution in [0.3, 0.4) is 0 Å². The van der Waals surface area contributed by atoms with E-state index in [0.29, 0.717) is 5.56 Å². The highest BCUT2D eigenvalue weighted by molar-refractivity contribution is 5.66. The van der Waals surface area contributed by atoms with Gasteiger partial charge in [0.25, 0.3) is 0 Å². The van der Waals surface area contributed by atoms with Crippen LogP contribution < -0.4 is 4.57 Å². The minimum absolute atomic E-state index is 0.210. The zero-order chi connectivity index (χ0) is 16.8. The van der Waals surface area contributed by atoms with Gasteiger partial charge in [-0.15, -0.1) is 0 Å². The number of rotatable bonds is 3. The van der Waals surface area contributed by atoms with E-state index in [2.05, 4.69) is 37.6 Å². The van der Waals surface area contributed by atoms with Crippen LogP contribution in [0.15, 0.2) is 30.5 Å². The average Bonchev–Trinajstić information content (AvgIpc) is 2.53. The van der Waals surface area contributed by atoms with Gasteiger partial charge in [0.1, 0.15) is 11.6 Å². The van der Waals surface area contributed by atoms with E-state index in [-0.39, 0.29) is 11.5 Å². The van der Waals surface area contributed by atoms with Crippen LogP contribution in [0.25, 0.3) is 11.3 Å². The van der Waals surface area contributed by atoms with Crippen LogP contribution in [-0.2, 0) is 5.41 Å². The van der Waals surface area contributed by atoms with Gasteiger partial charge in [0, 0.05) is 24.6 Å². The summed E-state index contributed by atoms with van der Waals surface area (Å²) in [4.78, 5) is 0. The van der Waals surface area contributed by atoms with Crippen LogP contribution in [-0.4, -0.2) is 0 Å². The third-order valence-electron chi connectivity index (χ3n) is 5.61. The Morgan fingerprint density at radius 3 is 2.39 bits per heavy atom. The SMILES string of the molecule is CCC1[n+]2ccc(C)cc2-c2c(F)cc(F)cc2C1(CC)CC. The van der Waals surface area contributed by atoms with Gasteiger partial charge in [0.05, 0.1) is 11.0 Å². The number of aryl methyl sites for hydroxylation is 1. The molecule has 1 atom stereocenters. The number of benzene rings is 1. The summed E-state index contributed by atoms with van der Waals surface area (Å²) in [5.41, 5.74) is 3.11. The van der Waals surface area contributed by atoms with Gasteiger partial charge in [-0.3, -0.25) is 0 Å². The van der Waals surface area contributed by atoms with Crippen LogP contribution in [0, 0.1) is 18.6 Å². The minimum Gasteiger partial charge on any atom is -0.207 e. The van der Waals surface area contributed by atoms with Crippen LogP contribution in [0.2, 0.25) is 0 Å². The van der Waals surface area contributed by atoms with Crippen molar-refractivity contribution >= 4 is 0 Å². The average molecular weight is 316 g/mol. The largest absolute Gasteiger partial charge is 0.216 e. The van der Waals surface area contributed by atoms with Crippen molar-refractivity contribution in [3.8, 4) is 11.3 Å². The molecule has 0 fully saturated rings. The second-order valence-electron chi connectivity index (χ2n) is 6.59. The molecule has 0 N–H and O–H groups in total. The van der Waals surface area contributed by atoms with Crippen molar-refractivity contribution in [1.29, 1.82) is 0 Å². The lowest BCUT2D eigenvalue weighted by atomic mass is 9.65. The third-order valence-corrected chi connectivity index (χ3v) is 5.61. The highest BCUT2D eigenvalue weighted by atomic mass is 19.1. The molecule has 122 valence electrons. The summed E-state index contributed by atoms with van der Waals surface area (Å²) in [6.45, 7) is 8.41. The summed E-state index contributed by atoms with van der Waals surface area (Å²) in [6, 6.07) is 6.85. The van der Waals surface area contributed by atoms with E-state index in [1.165, 1.54) is 0 Å². The van der Waals surface area contributed by atoms with E-state index < -0.39 is 11.6 Å². The number of halogens is 2. The number of nitrogens with zero attached hydrogens (tertiary/aromatic N) is 1. The Morgan fingerprint density at radius 1 is 1.09 bits per heavy atom. The number of fused-ring (bicyclic) bond motifs is 3. The Kier molecular flexibility index (Phi) is 3.99. The quantitative estimate of drug-likeness (QED) is 0.681. The third kappa shape index (κ3) is 2.20. The lowest BCUT2D eigenvalue weighted by Gasteiger charge is -2.41. The van der Waals surface area contributed by atoms with Crippen molar-refractivity contribution in [1.82, 2.24) is 0 Å². The maximum Gasteiger partial charge on any atom is 0.216 e. The summed E-state index contributed by atoms with van der Waals surface area (Å²) in [6.07, 6.45) is 4.71. The summed E-state index contributed by atoms with van der Waals surface area (Å²) in [5.74, 6) is -0.941. The van der Waals surface area contributed by atoms with Gasteiger partial charge in [-0.25, -0.2) is 8.78 Å². The zero-order valence-corrected chi connectivity index (χ0v) is 14.3. The van der Waals surface area contributed by atoms with Crippen molar-refractivity contribution in [3.63, 3.8) is 0 Å². The van der Waals surface area contributed by atoms with E-state index in [1.54, 1.807) is 6.07 Å². The number of hydrogen-bond donors (Lipinski definition) is 0. The van der Waals surface area contributed by atoms with Gasteiger partial charge in [0.2, 0.25) is 5.69 Å². The second kappa shape index (κ2) is 5.70. The second-order valence-corrected chi connectivity index (χ2v) is 6.59. The molecule has 0 saturated carbocycles. The molecule has 3 rings (SSSR count). The summed E-state index contributed by atoms with van der Waals surface area (Å²) in [5, 5.41) is 0. The van der Waals surface area contributed by atoms with Gasteiger partial charge >= 0.3 is 0 Å². The van der Waals surface area contributed by atoms with E-state index in [1.807, 2.05) is 13.0 Å². The summed E-state index contributed by atoms with van der Waals surface area (Å²) < 4.78 is 30.9. The smallest absolute Gasteiger partial charge is 0.207 e. The predicted octanol–water partition coefficient (Wildman–Crippen LogP) is 5.25. The monoisotopic (exact) mass is 316 g/mol. The van der Waals surface area contributed by atoms with Gasteiger partial charge in [-0.05, 0) is 37.0 Å². The molecule has 1 nitrogen and oxygen atoms in total. The number of pyridine rings is 1. The van der Waals surface area contributed by atoms with E-state index in [9.17, 15) is 8.78 Å². The fraction of sp³-hybridized carbons (Fsp3) is 0.450. The van der Waals surface area contributed by atoms with E-state index in [0.717, 1.165) is 42.1 Å². The lowest BCUT2D eigenvalue weighted by molar-refractivity contribution is -0.725. The molecule has 0 amide bonds. The topological polar surface area (TPSA) is 3.88 Å². The molecule has 2 heterocycles. The molecule has 0 aliphatic carbocycles. The Labute approximate surface area is 137 Å². The molecule has 1 aromatic carbocycles. The highest BCUT2D eigenvalue weighted by Gasteiger charge is 2.50. The molecule has 2 aromatic rings. The van der Waals surface area contributed by atoms with Crippen molar-refractivity contribution in [2.75, 3.05) is 0 Å². The maximum absolute atomic E-state index is 14.7. The zero-order valence-electron chi connectivity index (χ0n) is 14.3. The van der Waals surface area contributed by atoms with Crippen LogP contribution in [0.1, 0.15) is 57.2 Å². The highest BCUT2D eigenvalue weighted by Crippen LogP contribution is 2.49. The van der Waals surface area contributed by atoms with Crippen molar-refractivity contribution < 1.29 is 13.3 Å². The molecule has 1 aliphatic rings. The van der Waals surface area contributed by atoms with E-state index in [4.69, 9.17) is 0 Å². The van der Waals surface area contributed by atoms with Crippen molar-refractivity contribution in [3.05, 3.63) is 53.2 Å². The van der Waals surface area contributed by atoms with Crippen LogP contribution in [0.5, 0.6) is 0 Å². The first kappa shape index (κ1) is 16.1. The predicted molar refractivity (Wildman–Crippen MR) is 88.3 cm³/mol. The molecule has 1 aliphatic heterocycles. The van der Waals surface area contributed by atoms with Crippen LogP contribution in [0.4, 0.5) is 8.78 Å². The fourth-order valence-electron chi connectivity index (χ4n) is 4.45. The first-order chi connectivity index (χ1) is 11.0. The Hall–Kier alpha value is -1.77. The van der Waals surface area contributed by atoms with Gasteiger partial charge in [-0.2, -0.15) is 4.57 Å². The molecule has 1 aromatic heterocycles. The van der Waals surface area contributed by atoms with E-state index >= 15 is 0 Å². The van der Waals surface area contributed by atoms with Crippen molar-refractivity contribution in [2.24, 2.45) is 0 Å². The lowest BCUT2D eigenvalue weighted by Crippen LogP contribution is -2.55. The standard InChI is InChI=1S/C20H24F2N/c1-5-18-20(6-2,7-3)15-11-14(21)12-16(22)19(15)17-10-13(4)8-9-23(17)18/h8-12,18H,5-7H2,1-4H3/q+1. The fourth-order valence-corrected chi connectivity index (χ4v) is 4.45. The Bertz CT molecular complexity index is 748. The van der Waals surface area contributed by atoms with Gasteiger partial charge in [0.15, 0.2) is 12.2 Å². The molecule has 3 heteroatoms. The first-order valence-corrected chi connectivity index (χ1v) is 8.50. The minimum atomic E-state index is -0.483. The van der Waals surface area contributed by atoms with Crippen LogP contribution >= 0.6 is 0 Å². The van der Waals surface area contributed by atoms with Crippen molar-refractivity contribution in [2.45, 2.75) is 58.4 Å². The molecule has 23 heavy (non-hydrogen) atoms. The number of hydrogen-bond acceptors (Lipinski definition) is 0. The molecule has 0 spiro atoms. The summed E-state index contributed by atoms with van der Waals surface area (Å²) in [7, 11) is 0. The Morgan fingerprint density at radius 2 is 1.78 bits per heavy atom. The maximum atomic E-state index is 14.7. The van der Waals surface area contributed by atoms with Gasteiger partial charge in [-0.1, -0.05) is 20.8 Å². The van der Waals surface area contributed by atoms with Gasteiger partial charge < -0.3 is 0 Å². The molecule has 0 saturated heterocycles. The molecule has 1 unspecified atom stereocenters. The Balaban J connectivity index is 2.45. The first-order valence-electron chi connectivity index (χ1n) is 8.50.